The van der Waals surface area contributed by atoms with Gasteiger partial charge >= 0.3 is 5.97 Å². The molecule has 0 aliphatic rings. The van der Waals surface area contributed by atoms with E-state index < -0.39 is 5.97 Å². The number of benzene rings is 2. The summed E-state index contributed by atoms with van der Waals surface area (Å²) in [5, 5.41) is 9.82. The van der Waals surface area contributed by atoms with Crippen molar-refractivity contribution >= 4 is 59.4 Å². The number of thiazole rings is 1. The van der Waals surface area contributed by atoms with Gasteiger partial charge in [-0.25, -0.2) is 4.98 Å². The number of rotatable bonds is 5. The van der Waals surface area contributed by atoms with Crippen molar-refractivity contribution in [3.63, 3.8) is 0 Å². The molecule has 7 heteroatoms. The molecule has 0 aliphatic heterocycles. The second-order valence-corrected chi connectivity index (χ2v) is 8.19. The summed E-state index contributed by atoms with van der Waals surface area (Å²) in [6.45, 7) is 1.98. The molecule has 1 heterocycles. The van der Waals surface area contributed by atoms with Crippen molar-refractivity contribution < 1.29 is 14.6 Å². The lowest BCUT2D eigenvalue weighted by atomic mass is 10.1. The third-order valence-electron chi connectivity index (χ3n) is 3.37. The highest BCUT2D eigenvalue weighted by molar-refractivity contribution is 9.11. The standard InChI is InChI=1S/C17H13Br2NO3S/c1-9-20-14-4-3-11(8-15(14)24-9)23-17-12(18)6-10(7-13(17)19)2-5-16(21)22/h3-4,6-8H,2,5H2,1H3,(H,21,22). The number of fused-ring (bicyclic) bond motifs is 1. The molecule has 4 nitrogen and oxygen atoms in total. The number of halogens is 2. The van der Waals surface area contributed by atoms with E-state index in [4.69, 9.17) is 9.84 Å². The van der Waals surface area contributed by atoms with Crippen molar-refractivity contribution in [3.8, 4) is 11.5 Å². The monoisotopic (exact) mass is 469 g/mol. The number of carbonyl (C=O) groups is 1. The number of aromatic nitrogens is 1. The first-order chi connectivity index (χ1) is 11.4. The lowest BCUT2D eigenvalue weighted by molar-refractivity contribution is -0.136. The van der Waals surface area contributed by atoms with Gasteiger partial charge in [0.2, 0.25) is 0 Å². The van der Waals surface area contributed by atoms with E-state index in [0.717, 1.165) is 35.5 Å². The molecule has 124 valence electrons. The topological polar surface area (TPSA) is 59.4 Å². The van der Waals surface area contributed by atoms with Crippen molar-refractivity contribution in [2.75, 3.05) is 0 Å². The van der Waals surface area contributed by atoms with Gasteiger partial charge < -0.3 is 9.84 Å². The van der Waals surface area contributed by atoms with Crippen LogP contribution < -0.4 is 4.74 Å². The van der Waals surface area contributed by atoms with Crippen LogP contribution in [-0.2, 0) is 11.2 Å². The largest absolute Gasteiger partial charge is 0.481 e. The normalized spacial score (nSPS) is 11.0. The first-order valence-electron chi connectivity index (χ1n) is 7.17. The van der Waals surface area contributed by atoms with Gasteiger partial charge in [-0.05, 0) is 75.0 Å². The smallest absolute Gasteiger partial charge is 0.303 e. The number of carboxylic acids is 1. The van der Waals surface area contributed by atoms with Crippen LogP contribution in [0, 0.1) is 6.92 Å². The van der Waals surface area contributed by atoms with Crippen LogP contribution in [0.15, 0.2) is 39.3 Å². The zero-order valence-electron chi connectivity index (χ0n) is 12.7. The van der Waals surface area contributed by atoms with Gasteiger partial charge in [0, 0.05) is 12.5 Å². The van der Waals surface area contributed by atoms with E-state index in [1.807, 2.05) is 37.3 Å². The van der Waals surface area contributed by atoms with Crippen LogP contribution >= 0.6 is 43.2 Å². The molecule has 0 radical (unpaired) electrons. The van der Waals surface area contributed by atoms with Crippen LogP contribution in [0.1, 0.15) is 17.0 Å². The number of ether oxygens (including phenoxy) is 1. The summed E-state index contributed by atoms with van der Waals surface area (Å²) in [5.74, 6) is 0.580. The molecule has 0 amide bonds. The molecular formula is C17H13Br2NO3S. The second-order valence-electron chi connectivity index (χ2n) is 5.25. The van der Waals surface area contributed by atoms with Gasteiger partial charge in [0.15, 0.2) is 5.75 Å². The molecule has 0 spiro atoms. The second kappa shape index (κ2) is 7.21. The Morgan fingerprint density at radius 2 is 1.96 bits per heavy atom. The zero-order valence-corrected chi connectivity index (χ0v) is 16.7. The SMILES string of the molecule is Cc1nc2ccc(Oc3c(Br)cc(CCC(=O)O)cc3Br)cc2s1. The molecule has 0 atom stereocenters. The first kappa shape index (κ1) is 17.4. The summed E-state index contributed by atoms with van der Waals surface area (Å²) in [4.78, 5) is 15.1. The third kappa shape index (κ3) is 3.96. The molecule has 0 saturated heterocycles. The van der Waals surface area contributed by atoms with Crippen molar-refractivity contribution in [2.45, 2.75) is 19.8 Å². The van der Waals surface area contributed by atoms with Gasteiger partial charge in [0.05, 0.1) is 24.2 Å². The van der Waals surface area contributed by atoms with Crippen molar-refractivity contribution in [3.05, 3.63) is 49.8 Å². The number of hydrogen-bond acceptors (Lipinski definition) is 4. The van der Waals surface area contributed by atoms with Crippen molar-refractivity contribution in [1.29, 1.82) is 0 Å². The van der Waals surface area contributed by atoms with Gasteiger partial charge in [-0.15, -0.1) is 11.3 Å². The summed E-state index contributed by atoms with van der Waals surface area (Å²) < 4.78 is 8.64. The van der Waals surface area contributed by atoms with Crippen LogP contribution in [0.2, 0.25) is 0 Å². The molecule has 24 heavy (non-hydrogen) atoms. The Hall–Kier alpha value is -1.44. The fourth-order valence-electron chi connectivity index (χ4n) is 2.31. The van der Waals surface area contributed by atoms with Gasteiger partial charge in [-0.1, -0.05) is 0 Å². The minimum Gasteiger partial charge on any atom is -0.481 e. The van der Waals surface area contributed by atoms with Crippen LogP contribution in [0.5, 0.6) is 11.5 Å². The summed E-state index contributed by atoms with van der Waals surface area (Å²) in [6, 6.07) is 9.57. The van der Waals surface area contributed by atoms with E-state index in [9.17, 15) is 4.79 Å². The van der Waals surface area contributed by atoms with Crippen LogP contribution in [0.25, 0.3) is 10.2 Å². The minimum absolute atomic E-state index is 0.0977. The predicted octanol–water partition coefficient (Wildman–Crippen LogP) is 5.94. The fourth-order valence-corrected chi connectivity index (χ4v) is 4.61. The first-order valence-corrected chi connectivity index (χ1v) is 9.57. The molecule has 1 aromatic heterocycles. The van der Waals surface area contributed by atoms with Gasteiger partial charge in [0.1, 0.15) is 5.75 Å². The van der Waals surface area contributed by atoms with Gasteiger partial charge in [-0.2, -0.15) is 0 Å². The van der Waals surface area contributed by atoms with Gasteiger partial charge in [0.25, 0.3) is 0 Å². The summed E-state index contributed by atoms with van der Waals surface area (Å²) >= 11 is 8.64. The fraction of sp³-hybridized carbons (Fsp3) is 0.176. The minimum atomic E-state index is -0.810. The maximum absolute atomic E-state index is 10.7. The Morgan fingerprint density at radius 3 is 2.62 bits per heavy atom. The van der Waals surface area contributed by atoms with E-state index in [2.05, 4.69) is 36.8 Å². The lowest BCUT2D eigenvalue weighted by Crippen LogP contribution is -1.98. The number of aryl methyl sites for hydroxylation is 2. The Balaban J connectivity index is 1.86. The molecule has 2 aromatic carbocycles. The van der Waals surface area contributed by atoms with E-state index >= 15 is 0 Å². The molecule has 1 N–H and O–H groups in total. The zero-order chi connectivity index (χ0) is 17.3. The highest BCUT2D eigenvalue weighted by Crippen LogP contribution is 2.39. The lowest BCUT2D eigenvalue weighted by Gasteiger charge is -2.12. The number of hydrogen-bond donors (Lipinski definition) is 1. The number of aliphatic carboxylic acids is 1. The van der Waals surface area contributed by atoms with Crippen LogP contribution in [-0.4, -0.2) is 16.1 Å². The molecule has 3 aromatic rings. The van der Waals surface area contributed by atoms with E-state index in [0.29, 0.717) is 12.2 Å². The molecule has 3 rings (SSSR count). The maximum Gasteiger partial charge on any atom is 0.303 e. The summed E-state index contributed by atoms with van der Waals surface area (Å²) in [5.41, 5.74) is 1.89. The number of carboxylic acid groups (broad SMARTS) is 1. The highest BCUT2D eigenvalue weighted by atomic mass is 79.9. The average molecular weight is 471 g/mol. The highest BCUT2D eigenvalue weighted by Gasteiger charge is 2.12. The Bertz CT molecular complexity index is 900. The third-order valence-corrected chi connectivity index (χ3v) is 5.48. The van der Waals surface area contributed by atoms with E-state index in [-0.39, 0.29) is 6.42 Å². The molecule has 0 saturated carbocycles. The summed E-state index contributed by atoms with van der Waals surface area (Å²) in [6.07, 6.45) is 0.569. The Labute approximate surface area is 159 Å². The quantitative estimate of drug-likeness (QED) is 0.501. The molecular weight excluding hydrogens is 458 g/mol. The Kier molecular flexibility index (Phi) is 5.22. The summed E-state index contributed by atoms with van der Waals surface area (Å²) in [7, 11) is 0. The van der Waals surface area contributed by atoms with Crippen molar-refractivity contribution in [2.24, 2.45) is 0 Å². The molecule has 0 bridgehead atoms. The average Bonchev–Trinajstić information content (AvgIpc) is 2.88. The molecule has 0 fully saturated rings. The Morgan fingerprint density at radius 1 is 1.25 bits per heavy atom. The van der Waals surface area contributed by atoms with Crippen LogP contribution in [0.4, 0.5) is 0 Å². The van der Waals surface area contributed by atoms with E-state index in [1.54, 1.807) is 11.3 Å². The van der Waals surface area contributed by atoms with Crippen LogP contribution in [0.3, 0.4) is 0 Å². The predicted molar refractivity (Wildman–Crippen MR) is 102 cm³/mol. The van der Waals surface area contributed by atoms with Gasteiger partial charge in [-0.3, -0.25) is 4.79 Å². The molecule has 0 aliphatic carbocycles. The maximum atomic E-state index is 10.7. The van der Waals surface area contributed by atoms with E-state index in [1.165, 1.54) is 0 Å². The molecule has 0 unspecified atom stereocenters. The number of nitrogens with zero attached hydrogens (tertiary/aromatic N) is 1. The van der Waals surface area contributed by atoms with Crippen molar-refractivity contribution in [1.82, 2.24) is 4.98 Å².